The summed E-state index contributed by atoms with van der Waals surface area (Å²) in [5.41, 5.74) is -0.410. The standard InChI is InChI=1S/C15H15F3N4O2/c1-21-6-8-22(9-7-21)14(23)13-19-12(20-24-13)10-2-4-11(5-3-10)15(16,17)18/h2-5H,6-9H2,1H3. The topological polar surface area (TPSA) is 62.5 Å². The molecule has 0 radical (unpaired) electrons. The molecule has 0 saturated carbocycles. The first-order valence-corrected chi connectivity index (χ1v) is 7.34. The van der Waals surface area contributed by atoms with Crippen molar-refractivity contribution in [1.82, 2.24) is 19.9 Å². The smallest absolute Gasteiger partial charge is 0.332 e. The van der Waals surface area contributed by atoms with Gasteiger partial charge in [-0.2, -0.15) is 18.2 Å². The summed E-state index contributed by atoms with van der Waals surface area (Å²) in [6.07, 6.45) is -4.40. The number of carbonyl (C=O) groups excluding carboxylic acids is 1. The highest BCUT2D eigenvalue weighted by molar-refractivity contribution is 5.90. The molecule has 0 unspecified atom stereocenters. The van der Waals surface area contributed by atoms with Crippen molar-refractivity contribution in [1.29, 1.82) is 0 Å². The Morgan fingerprint density at radius 1 is 1.12 bits per heavy atom. The Morgan fingerprint density at radius 3 is 2.33 bits per heavy atom. The zero-order chi connectivity index (χ0) is 17.3. The van der Waals surface area contributed by atoms with E-state index in [1.54, 1.807) is 4.90 Å². The number of carbonyl (C=O) groups is 1. The van der Waals surface area contributed by atoms with E-state index in [4.69, 9.17) is 4.52 Å². The summed E-state index contributed by atoms with van der Waals surface area (Å²) in [4.78, 5) is 20.0. The molecule has 0 atom stereocenters. The Balaban J connectivity index is 1.74. The van der Waals surface area contributed by atoms with Gasteiger partial charge in [0.2, 0.25) is 5.82 Å². The van der Waals surface area contributed by atoms with Crippen LogP contribution in [0, 0.1) is 0 Å². The van der Waals surface area contributed by atoms with Crippen molar-refractivity contribution in [3.05, 3.63) is 35.7 Å². The van der Waals surface area contributed by atoms with Crippen LogP contribution < -0.4 is 0 Å². The normalized spacial score (nSPS) is 16.4. The Bertz CT molecular complexity index is 719. The lowest BCUT2D eigenvalue weighted by atomic mass is 10.1. The fourth-order valence-electron chi connectivity index (χ4n) is 2.38. The summed E-state index contributed by atoms with van der Waals surface area (Å²) in [5, 5.41) is 3.68. The van der Waals surface area contributed by atoms with Crippen LogP contribution in [0.4, 0.5) is 13.2 Å². The fraction of sp³-hybridized carbons (Fsp3) is 0.400. The van der Waals surface area contributed by atoms with E-state index in [0.29, 0.717) is 18.7 Å². The molecule has 1 aliphatic heterocycles. The zero-order valence-corrected chi connectivity index (χ0v) is 12.9. The minimum atomic E-state index is -4.40. The Morgan fingerprint density at radius 2 is 1.75 bits per heavy atom. The highest BCUT2D eigenvalue weighted by Gasteiger charge is 2.30. The maximum absolute atomic E-state index is 12.6. The molecule has 1 fully saturated rings. The van der Waals surface area contributed by atoms with Gasteiger partial charge in [0.1, 0.15) is 0 Å². The van der Waals surface area contributed by atoms with Crippen LogP contribution in [-0.2, 0) is 6.18 Å². The predicted molar refractivity (Wildman–Crippen MR) is 78.1 cm³/mol. The highest BCUT2D eigenvalue weighted by atomic mass is 19.4. The lowest BCUT2D eigenvalue weighted by Gasteiger charge is -2.31. The molecule has 0 spiro atoms. The molecular formula is C15H15F3N4O2. The molecule has 6 nitrogen and oxygen atoms in total. The number of rotatable bonds is 2. The van der Waals surface area contributed by atoms with Gasteiger partial charge in [-0.1, -0.05) is 17.3 Å². The van der Waals surface area contributed by atoms with Crippen LogP contribution in [0.5, 0.6) is 0 Å². The fourth-order valence-corrected chi connectivity index (χ4v) is 2.38. The number of benzene rings is 1. The first kappa shape index (κ1) is 16.4. The number of amides is 1. The van der Waals surface area contributed by atoms with E-state index < -0.39 is 11.7 Å². The number of hydrogen-bond donors (Lipinski definition) is 0. The summed E-state index contributed by atoms with van der Waals surface area (Å²) in [6, 6.07) is 4.37. The molecule has 1 aromatic carbocycles. The maximum Gasteiger partial charge on any atom is 0.416 e. The van der Waals surface area contributed by atoms with Crippen molar-refractivity contribution in [2.24, 2.45) is 0 Å². The molecule has 0 N–H and O–H groups in total. The van der Waals surface area contributed by atoms with Crippen LogP contribution in [-0.4, -0.2) is 59.1 Å². The number of hydrogen-bond acceptors (Lipinski definition) is 5. The molecule has 128 valence electrons. The second-order valence-corrected chi connectivity index (χ2v) is 5.59. The largest absolute Gasteiger partial charge is 0.416 e. The molecular weight excluding hydrogens is 325 g/mol. The van der Waals surface area contributed by atoms with Gasteiger partial charge in [0.05, 0.1) is 5.56 Å². The zero-order valence-electron chi connectivity index (χ0n) is 12.9. The van der Waals surface area contributed by atoms with Gasteiger partial charge in [0.15, 0.2) is 0 Å². The molecule has 2 aromatic rings. The number of nitrogens with zero attached hydrogens (tertiary/aromatic N) is 4. The van der Waals surface area contributed by atoms with E-state index in [2.05, 4.69) is 15.0 Å². The van der Waals surface area contributed by atoms with Gasteiger partial charge < -0.3 is 14.3 Å². The van der Waals surface area contributed by atoms with Crippen molar-refractivity contribution in [2.75, 3.05) is 33.2 Å². The van der Waals surface area contributed by atoms with Gasteiger partial charge >= 0.3 is 18.0 Å². The number of piperazine rings is 1. The van der Waals surface area contributed by atoms with Crippen LogP contribution in [0.3, 0.4) is 0 Å². The number of alkyl halides is 3. The molecule has 9 heteroatoms. The van der Waals surface area contributed by atoms with Crippen molar-refractivity contribution >= 4 is 5.91 Å². The molecule has 1 amide bonds. The van der Waals surface area contributed by atoms with Crippen molar-refractivity contribution in [3.8, 4) is 11.4 Å². The second kappa shape index (κ2) is 6.23. The van der Waals surface area contributed by atoms with E-state index in [-0.39, 0.29) is 17.6 Å². The Kier molecular flexibility index (Phi) is 4.27. The second-order valence-electron chi connectivity index (χ2n) is 5.59. The molecule has 24 heavy (non-hydrogen) atoms. The average Bonchev–Trinajstić information content (AvgIpc) is 3.04. The van der Waals surface area contributed by atoms with Gasteiger partial charge in [0, 0.05) is 31.7 Å². The van der Waals surface area contributed by atoms with E-state index in [0.717, 1.165) is 25.2 Å². The number of likely N-dealkylation sites (N-methyl/N-ethyl adjacent to an activating group) is 1. The maximum atomic E-state index is 12.6. The summed E-state index contributed by atoms with van der Waals surface area (Å²) >= 11 is 0. The van der Waals surface area contributed by atoms with E-state index in [9.17, 15) is 18.0 Å². The van der Waals surface area contributed by atoms with E-state index in [1.807, 2.05) is 7.05 Å². The highest BCUT2D eigenvalue weighted by Crippen LogP contribution is 2.30. The first-order valence-electron chi connectivity index (χ1n) is 7.34. The van der Waals surface area contributed by atoms with E-state index >= 15 is 0 Å². The summed E-state index contributed by atoms with van der Waals surface area (Å²) in [7, 11) is 1.97. The third-order valence-electron chi connectivity index (χ3n) is 3.87. The summed E-state index contributed by atoms with van der Waals surface area (Å²) in [5.74, 6) is -0.440. The van der Waals surface area contributed by atoms with Gasteiger partial charge in [-0.15, -0.1) is 0 Å². The van der Waals surface area contributed by atoms with Crippen LogP contribution in [0.15, 0.2) is 28.8 Å². The third-order valence-corrected chi connectivity index (χ3v) is 3.87. The van der Waals surface area contributed by atoms with Crippen LogP contribution >= 0.6 is 0 Å². The molecule has 1 aliphatic rings. The first-order chi connectivity index (χ1) is 11.3. The van der Waals surface area contributed by atoms with Crippen molar-refractivity contribution < 1.29 is 22.5 Å². The quantitative estimate of drug-likeness (QED) is 0.838. The minimum absolute atomic E-state index is 0.0844. The third kappa shape index (κ3) is 3.40. The summed E-state index contributed by atoms with van der Waals surface area (Å²) in [6.45, 7) is 2.64. The van der Waals surface area contributed by atoms with Gasteiger partial charge in [-0.25, -0.2) is 0 Å². The molecule has 1 aromatic heterocycles. The Labute approximate surface area is 135 Å². The predicted octanol–water partition coefficient (Wildman–Crippen LogP) is 2.14. The lowest BCUT2D eigenvalue weighted by Crippen LogP contribution is -2.47. The van der Waals surface area contributed by atoms with Crippen LogP contribution in [0.2, 0.25) is 0 Å². The molecule has 3 rings (SSSR count). The molecule has 2 heterocycles. The monoisotopic (exact) mass is 340 g/mol. The molecule has 0 aliphatic carbocycles. The Hall–Kier alpha value is -2.42. The van der Waals surface area contributed by atoms with Crippen molar-refractivity contribution in [2.45, 2.75) is 6.18 Å². The van der Waals surface area contributed by atoms with Gasteiger partial charge in [-0.3, -0.25) is 4.79 Å². The number of halogens is 3. The minimum Gasteiger partial charge on any atom is -0.332 e. The lowest BCUT2D eigenvalue weighted by molar-refractivity contribution is -0.137. The van der Waals surface area contributed by atoms with E-state index in [1.165, 1.54) is 12.1 Å². The SMILES string of the molecule is CN1CCN(C(=O)c2nc(-c3ccc(C(F)(F)F)cc3)no2)CC1. The molecule has 0 bridgehead atoms. The van der Waals surface area contributed by atoms with Crippen LogP contribution in [0.1, 0.15) is 16.2 Å². The summed E-state index contributed by atoms with van der Waals surface area (Å²) < 4.78 is 42.7. The number of aromatic nitrogens is 2. The van der Waals surface area contributed by atoms with Gasteiger partial charge in [0.25, 0.3) is 0 Å². The van der Waals surface area contributed by atoms with Gasteiger partial charge in [-0.05, 0) is 19.2 Å². The average molecular weight is 340 g/mol. The molecule has 1 saturated heterocycles. The van der Waals surface area contributed by atoms with Crippen LogP contribution in [0.25, 0.3) is 11.4 Å². The van der Waals surface area contributed by atoms with Crippen molar-refractivity contribution in [3.63, 3.8) is 0 Å².